The normalized spacial score (nSPS) is 19.8. The molecule has 2 fully saturated rings. The summed E-state index contributed by atoms with van der Waals surface area (Å²) in [6.07, 6.45) is 4.10. The molecule has 2 saturated heterocycles. The number of imidazole rings is 2. The summed E-state index contributed by atoms with van der Waals surface area (Å²) < 4.78 is 39.8. The number of amides is 4. The number of ether oxygens (including phenoxy) is 2. The van der Waals surface area contributed by atoms with Crippen molar-refractivity contribution in [1.82, 2.24) is 40.4 Å². The number of methoxy groups -OCH3 is 2. The summed E-state index contributed by atoms with van der Waals surface area (Å²) in [5.74, 6) is 1.55. The van der Waals surface area contributed by atoms with Gasteiger partial charge in [-0.15, -0.1) is 0 Å². The molecule has 4 bridgehead atoms. The van der Waals surface area contributed by atoms with Crippen molar-refractivity contribution in [2.24, 2.45) is 0 Å². The summed E-state index contributed by atoms with van der Waals surface area (Å²) in [6.45, 7) is -0.171. The van der Waals surface area contributed by atoms with Crippen LogP contribution in [0.1, 0.15) is 71.7 Å². The second-order valence-corrected chi connectivity index (χ2v) is 20.3. The van der Waals surface area contributed by atoms with Crippen LogP contribution in [0, 0.1) is 0 Å². The molecule has 368 valence electrons. The number of thioether (sulfide) groups is 2. The molecule has 12 rings (SSSR count). The highest BCUT2D eigenvalue weighted by Crippen LogP contribution is 2.38. The maximum Gasteiger partial charge on any atom is 0.407 e. The number of benzene rings is 4. The van der Waals surface area contributed by atoms with Crippen molar-refractivity contribution < 1.29 is 37.4 Å². The Balaban J connectivity index is 0.942. The predicted octanol–water partition coefficient (Wildman–Crippen LogP) is 8.84. The molecule has 0 unspecified atom stereocenters. The number of carbonyl (C=O) groups is 4. The van der Waals surface area contributed by atoms with Crippen LogP contribution < -0.4 is 10.6 Å². The number of aromatic nitrogens is 4. The number of halogens is 2. The van der Waals surface area contributed by atoms with Crippen molar-refractivity contribution in [2.45, 2.75) is 87.9 Å². The molecular formula is C52H58F2N8O6S2. The minimum Gasteiger partial charge on any atom is -0.453 e. The van der Waals surface area contributed by atoms with Crippen molar-refractivity contribution in [3.8, 4) is 22.3 Å². The van der Waals surface area contributed by atoms with Gasteiger partial charge in [0.25, 0.3) is 0 Å². The molecule has 2 aliphatic heterocycles. The lowest BCUT2D eigenvalue weighted by Crippen LogP contribution is -2.49. The first-order chi connectivity index (χ1) is 33.9. The van der Waals surface area contributed by atoms with Gasteiger partial charge in [0.05, 0.1) is 61.5 Å². The number of alkyl halides is 2. The van der Waals surface area contributed by atoms with E-state index in [9.17, 15) is 19.2 Å². The summed E-state index contributed by atoms with van der Waals surface area (Å²) >= 11 is 3.11. The molecule has 0 spiro atoms. The van der Waals surface area contributed by atoms with Crippen molar-refractivity contribution in [1.29, 1.82) is 0 Å². The number of H-pyrrole nitrogens is 2. The lowest BCUT2D eigenvalue weighted by molar-refractivity contribution is -0.135. The van der Waals surface area contributed by atoms with Gasteiger partial charge in [-0.2, -0.15) is 23.5 Å². The van der Waals surface area contributed by atoms with Crippen LogP contribution in [0.15, 0.2) is 72.8 Å². The van der Waals surface area contributed by atoms with Crippen molar-refractivity contribution >= 4 is 69.6 Å². The fraction of sp³-hybridized carbons (Fsp3) is 0.423. The molecule has 14 nitrogen and oxygen atoms in total. The first kappa shape index (κ1) is 48.9. The number of hydrogen-bond donors (Lipinski definition) is 4. The Morgan fingerprint density at radius 2 is 1.07 bits per heavy atom. The Bertz CT molecular complexity index is 2720. The Labute approximate surface area is 413 Å². The second kappa shape index (κ2) is 21.5. The van der Waals surface area contributed by atoms with E-state index in [0.717, 1.165) is 59.0 Å². The van der Waals surface area contributed by atoms with Gasteiger partial charge in [-0.1, -0.05) is 48.5 Å². The van der Waals surface area contributed by atoms with Gasteiger partial charge in [-0.3, -0.25) is 9.59 Å². The van der Waals surface area contributed by atoms with E-state index in [-0.39, 0.29) is 37.7 Å². The van der Waals surface area contributed by atoms with Gasteiger partial charge in [-0.25, -0.2) is 28.3 Å². The number of rotatable bonds is 14. The molecule has 70 heavy (non-hydrogen) atoms. The van der Waals surface area contributed by atoms with Crippen LogP contribution in [0.2, 0.25) is 0 Å². The highest BCUT2D eigenvalue weighted by molar-refractivity contribution is 7.98. The van der Waals surface area contributed by atoms with Crippen LogP contribution in [0.4, 0.5) is 18.4 Å². The van der Waals surface area contributed by atoms with E-state index in [4.69, 9.17) is 19.4 Å². The maximum absolute atomic E-state index is 15.1. The number of fused-ring (bicyclic) bond motifs is 2. The lowest BCUT2D eigenvalue weighted by atomic mass is 9.87. The first-order valence-corrected chi connectivity index (χ1v) is 26.5. The molecule has 6 atom stereocenters. The van der Waals surface area contributed by atoms with Crippen LogP contribution in [0.5, 0.6) is 0 Å². The lowest BCUT2D eigenvalue weighted by Gasteiger charge is -2.27. The zero-order chi connectivity index (χ0) is 49.1. The number of alkyl carbamates (subject to hydrolysis) is 2. The highest BCUT2D eigenvalue weighted by atomic mass is 32.2. The van der Waals surface area contributed by atoms with Gasteiger partial charge in [0.1, 0.15) is 36.1 Å². The molecule has 18 heteroatoms. The zero-order valence-electron chi connectivity index (χ0n) is 39.7. The summed E-state index contributed by atoms with van der Waals surface area (Å²) in [4.78, 5) is 71.6. The second-order valence-electron chi connectivity index (χ2n) is 18.3. The van der Waals surface area contributed by atoms with E-state index in [2.05, 4.69) is 81.3 Å². The Morgan fingerprint density at radius 1 is 0.643 bits per heavy atom. The highest BCUT2D eigenvalue weighted by Gasteiger charge is 2.42. The minimum atomic E-state index is -1.23. The number of nitrogens with one attached hydrogen (secondary N) is 4. The van der Waals surface area contributed by atoms with Crippen LogP contribution in [-0.2, 0) is 44.7 Å². The Hall–Kier alpha value is -6.14. The molecule has 4 aromatic carbocycles. The van der Waals surface area contributed by atoms with Crippen molar-refractivity contribution in [3.63, 3.8) is 0 Å². The quantitative estimate of drug-likeness (QED) is 0.0826. The Kier molecular flexibility index (Phi) is 15.0. The van der Waals surface area contributed by atoms with Crippen molar-refractivity contribution in [2.75, 3.05) is 51.3 Å². The van der Waals surface area contributed by atoms with E-state index in [1.54, 1.807) is 23.5 Å². The molecule has 4 N–H and O–H groups in total. The fourth-order valence-corrected chi connectivity index (χ4v) is 11.1. The average molecular weight is 993 g/mol. The Morgan fingerprint density at radius 3 is 1.47 bits per heavy atom. The molecule has 4 aliphatic carbocycles. The van der Waals surface area contributed by atoms with Crippen LogP contribution in [0.25, 0.3) is 44.3 Å². The van der Waals surface area contributed by atoms with Crippen LogP contribution in [-0.4, -0.2) is 129 Å². The van der Waals surface area contributed by atoms with Gasteiger partial charge < -0.3 is 39.9 Å². The van der Waals surface area contributed by atoms with Gasteiger partial charge in [-0.05, 0) is 131 Å². The molecular weight excluding hydrogens is 935 g/mol. The third-order valence-corrected chi connectivity index (χ3v) is 15.1. The third-order valence-electron chi connectivity index (χ3n) is 13.8. The zero-order valence-corrected chi connectivity index (χ0v) is 41.3. The molecule has 4 amide bonds. The van der Waals surface area contributed by atoms with Gasteiger partial charge >= 0.3 is 12.2 Å². The predicted molar refractivity (Wildman–Crippen MR) is 270 cm³/mol. The van der Waals surface area contributed by atoms with E-state index in [1.807, 2.05) is 24.6 Å². The number of aromatic amines is 2. The van der Waals surface area contributed by atoms with Gasteiger partial charge in [0.15, 0.2) is 0 Å². The van der Waals surface area contributed by atoms with Crippen LogP contribution in [0.3, 0.4) is 0 Å². The molecule has 2 aromatic heterocycles. The average Bonchev–Trinajstić information content (AvgIpc) is 4.18. The smallest absolute Gasteiger partial charge is 0.407 e. The number of nitrogens with zero attached hydrogens (tertiary/aromatic N) is 4. The fourth-order valence-electron chi connectivity index (χ4n) is 10.2. The third kappa shape index (κ3) is 10.5. The van der Waals surface area contributed by atoms with Crippen molar-refractivity contribution in [3.05, 3.63) is 107 Å². The van der Waals surface area contributed by atoms with Gasteiger partial charge in [0.2, 0.25) is 11.8 Å². The topological polar surface area (TPSA) is 175 Å². The molecule has 6 aliphatic rings. The maximum atomic E-state index is 15.1. The molecule has 4 heterocycles. The largest absolute Gasteiger partial charge is 0.453 e. The van der Waals surface area contributed by atoms with E-state index in [0.29, 0.717) is 47.0 Å². The molecule has 0 radical (unpaired) electrons. The standard InChI is InChI=1S/C52H58F2N8O6S2/c1-67-51(65)59-41(17-19-69-3)49(63)61-27-35(53)25-45(61)47-55-39-15-13-33(23-43(39)57-47)37-21-29-5-9-31(37)11-7-30-6-10-32(12-8-29)38(22-30)34-14-16-40-44(24-34)58-48(56-40)46-26-36(54)28-62(46)50(64)42(18-20-70-4)60-52(66)68-2/h5-6,9-10,13-16,21-24,35-36,41-42,45-46H,7-8,11-12,17-20,25-28H2,1-4H3,(H,55,57)(H,56,58)(H,59,65)(H,60,66)/t35-,36-,41+,42+,45+,46+/m1/s1. The number of hydrogen-bond acceptors (Lipinski definition) is 10. The minimum absolute atomic E-state index is 0.0857. The first-order valence-electron chi connectivity index (χ1n) is 23.7. The van der Waals surface area contributed by atoms with E-state index >= 15 is 8.78 Å². The number of aryl methyl sites for hydroxylation is 4. The number of likely N-dealkylation sites (tertiary alicyclic amines) is 2. The summed E-state index contributed by atoms with van der Waals surface area (Å²) in [7, 11) is 2.50. The monoisotopic (exact) mass is 992 g/mol. The summed E-state index contributed by atoms with van der Waals surface area (Å²) in [5, 5.41) is 5.29. The summed E-state index contributed by atoms with van der Waals surface area (Å²) in [6, 6.07) is 22.8. The molecule has 0 saturated carbocycles. The van der Waals surface area contributed by atoms with Crippen LogP contribution >= 0.6 is 23.5 Å². The summed E-state index contributed by atoms with van der Waals surface area (Å²) in [5.41, 5.74) is 12.1. The van der Waals surface area contributed by atoms with E-state index < -0.39 is 48.7 Å². The molecule has 6 aromatic rings. The van der Waals surface area contributed by atoms with Gasteiger partial charge in [0, 0.05) is 12.8 Å². The SMILES string of the molecule is COC(=O)N[C@@H](CCSC)C(=O)N1C[C@H](F)C[C@H]1c1nc2ccc(-c3cc4ccc3CCc3ccc(c(-c5ccc6nc([C@@H]7C[C@@H](F)CN7C(=O)[C@H](CCSC)NC(=O)OC)[nH]c6c5)c3)CC4)cc2[nH]1. The number of carbonyl (C=O) groups excluding carboxylic acids is 4. The van der Waals surface area contributed by atoms with E-state index in [1.165, 1.54) is 46.3 Å².